The molecule has 1 aromatic rings. The lowest BCUT2D eigenvalue weighted by molar-refractivity contribution is 0.745. The van der Waals surface area contributed by atoms with Crippen molar-refractivity contribution in [2.45, 2.75) is 13.0 Å². The van der Waals surface area contributed by atoms with Crippen molar-refractivity contribution in [1.82, 2.24) is 4.84 Å². The fraction of sp³-hybridized carbons (Fsp3) is 0.250. The van der Waals surface area contributed by atoms with Crippen molar-refractivity contribution >= 4 is 27.7 Å². The van der Waals surface area contributed by atoms with Gasteiger partial charge in [-0.15, -0.1) is 0 Å². The van der Waals surface area contributed by atoms with E-state index >= 15 is 0 Å². The van der Waals surface area contributed by atoms with Crippen LogP contribution in [0.3, 0.4) is 0 Å². The van der Waals surface area contributed by atoms with E-state index in [1.54, 1.807) is 0 Å². The lowest BCUT2D eigenvalue weighted by Crippen LogP contribution is -2.05. The third kappa shape index (κ3) is 2.47. The van der Waals surface area contributed by atoms with E-state index in [0.717, 1.165) is 4.47 Å². The Morgan fingerprint density at radius 2 is 1.91 bits per heavy atom. The van der Waals surface area contributed by atoms with Crippen LogP contribution >= 0.6 is 27.7 Å². The van der Waals surface area contributed by atoms with Gasteiger partial charge in [0.2, 0.25) is 0 Å². The zero-order valence-electron chi connectivity index (χ0n) is 6.14. The van der Waals surface area contributed by atoms with Crippen LogP contribution in [0.2, 0.25) is 0 Å². The quantitative estimate of drug-likeness (QED) is 0.775. The molecule has 3 heteroatoms. The normalized spacial score (nSPS) is 13.0. The largest absolute Gasteiger partial charge is 0.226 e. The minimum Gasteiger partial charge on any atom is -0.226 e. The average molecular weight is 235 g/mol. The highest BCUT2D eigenvalue weighted by atomic mass is 79.9. The first-order valence-corrected chi connectivity index (χ1v) is 4.52. The topological polar surface area (TPSA) is 12.0 Å². The second kappa shape index (κ2) is 4.10. The van der Waals surface area contributed by atoms with E-state index in [1.165, 1.54) is 5.56 Å². The van der Waals surface area contributed by atoms with Crippen LogP contribution in [-0.4, -0.2) is 0 Å². The van der Waals surface area contributed by atoms with Gasteiger partial charge in [-0.1, -0.05) is 28.1 Å². The van der Waals surface area contributed by atoms with Gasteiger partial charge in [0.1, 0.15) is 0 Å². The summed E-state index contributed by atoms with van der Waals surface area (Å²) in [6.07, 6.45) is 0. The van der Waals surface area contributed by atoms with E-state index < -0.39 is 0 Å². The maximum absolute atomic E-state index is 5.46. The van der Waals surface area contributed by atoms with Crippen molar-refractivity contribution in [3.8, 4) is 0 Å². The summed E-state index contributed by atoms with van der Waals surface area (Å²) in [5.74, 6) is 0. The Bertz CT molecular complexity index is 222. The van der Waals surface area contributed by atoms with Crippen molar-refractivity contribution in [1.29, 1.82) is 0 Å². The molecule has 0 heterocycles. The molecule has 0 radical (unpaired) electrons. The fourth-order valence-electron chi connectivity index (χ4n) is 0.814. The Kier molecular flexibility index (Phi) is 3.37. The standard InChI is InChI=1S/C8H9BrClN/c1-6(11-10)7-2-4-8(9)5-3-7/h2-6,11H,1H3. The molecule has 1 N–H and O–H groups in total. The van der Waals surface area contributed by atoms with Gasteiger partial charge in [-0.2, -0.15) is 0 Å². The summed E-state index contributed by atoms with van der Waals surface area (Å²) in [5.41, 5.74) is 1.18. The molecule has 1 rings (SSSR count). The number of rotatable bonds is 2. The molecule has 0 aliphatic rings. The minimum absolute atomic E-state index is 0.199. The van der Waals surface area contributed by atoms with E-state index in [0.29, 0.717) is 0 Å². The molecular weight excluding hydrogens is 225 g/mol. The van der Waals surface area contributed by atoms with Crippen molar-refractivity contribution in [2.75, 3.05) is 0 Å². The molecule has 0 saturated carbocycles. The molecule has 0 aliphatic heterocycles. The zero-order valence-corrected chi connectivity index (χ0v) is 8.48. The number of hydrogen-bond acceptors (Lipinski definition) is 1. The fourth-order valence-corrected chi connectivity index (χ4v) is 1.20. The molecule has 1 unspecified atom stereocenters. The first kappa shape index (κ1) is 9.04. The van der Waals surface area contributed by atoms with Crippen LogP contribution in [0, 0.1) is 0 Å². The van der Waals surface area contributed by atoms with E-state index in [1.807, 2.05) is 31.2 Å². The van der Waals surface area contributed by atoms with Crippen LogP contribution in [0.4, 0.5) is 0 Å². The Hall–Kier alpha value is -0.0500. The molecule has 1 nitrogen and oxygen atoms in total. The molecule has 0 fully saturated rings. The summed E-state index contributed by atoms with van der Waals surface area (Å²) in [5, 5.41) is 0. The molecule has 0 saturated heterocycles. The summed E-state index contributed by atoms with van der Waals surface area (Å²) in [4.78, 5) is 2.66. The van der Waals surface area contributed by atoms with E-state index in [2.05, 4.69) is 20.8 Å². The molecule has 1 atom stereocenters. The number of halogens is 2. The van der Waals surface area contributed by atoms with Crippen LogP contribution in [0.15, 0.2) is 28.7 Å². The number of hydrogen-bond donors (Lipinski definition) is 1. The molecule has 0 aromatic heterocycles. The van der Waals surface area contributed by atoms with Gasteiger partial charge in [-0.25, -0.2) is 4.84 Å². The Morgan fingerprint density at radius 3 is 2.36 bits per heavy atom. The molecular formula is C8H9BrClN. The van der Waals surface area contributed by atoms with Crippen LogP contribution in [0.1, 0.15) is 18.5 Å². The van der Waals surface area contributed by atoms with Crippen LogP contribution in [-0.2, 0) is 0 Å². The van der Waals surface area contributed by atoms with Crippen molar-refractivity contribution in [3.05, 3.63) is 34.3 Å². The van der Waals surface area contributed by atoms with Gasteiger partial charge in [0, 0.05) is 10.5 Å². The van der Waals surface area contributed by atoms with Crippen molar-refractivity contribution in [2.24, 2.45) is 0 Å². The summed E-state index contributed by atoms with van der Waals surface area (Å²) < 4.78 is 1.09. The summed E-state index contributed by atoms with van der Waals surface area (Å²) in [6.45, 7) is 2.01. The third-order valence-electron chi connectivity index (χ3n) is 1.53. The first-order valence-electron chi connectivity index (χ1n) is 3.35. The van der Waals surface area contributed by atoms with Gasteiger partial charge in [0.15, 0.2) is 0 Å². The predicted octanol–water partition coefficient (Wildman–Crippen LogP) is 3.25. The maximum Gasteiger partial charge on any atom is 0.0442 e. The smallest absolute Gasteiger partial charge is 0.0442 e. The van der Waals surface area contributed by atoms with E-state index in [9.17, 15) is 0 Å². The average Bonchev–Trinajstić information content (AvgIpc) is 2.05. The Morgan fingerprint density at radius 1 is 1.36 bits per heavy atom. The molecule has 60 valence electrons. The summed E-state index contributed by atoms with van der Waals surface area (Å²) in [7, 11) is 0. The maximum atomic E-state index is 5.46. The lowest BCUT2D eigenvalue weighted by atomic mass is 10.1. The molecule has 1 aromatic carbocycles. The van der Waals surface area contributed by atoms with Gasteiger partial charge in [-0.3, -0.25) is 0 Å². The SMILES string of the molecule is CC(NCl)c1ccc(Br)cc1. The number of nitrogens with one attached hydrogen (secondary N) is 1. The molecule has 0 aliphatic carbocycles. The van der Waals surface area contributed by atoms with Crippen molar-refractivity contribution < 1.29 is 0 Å². The minimum atomic E-state index is 0.199. The van der Waals surface area contributed by atoms with Gasteiger partial charge in [-0.05, 0) is 36.4 Å². The van der Waals surface area contributed by atoms with Gasteiger partial charge in [0.25, 0.3) is 0 Å². The highest BCUT2D eigenvalue weighted by molar-refractivity contribution is 9.10. The van der Waals surface area contributed by atoms with Crippen LogP contribution in [0.5, 0.6) is 0 Å². The molecule has 11 heavy (non-hydrogen) atoms. The van der Waals surface area contributed by atoms with Crippen LogP contribution < -0.4 is 4.84 Å². The first-order chi connectivity index (χ1) is 5.24. The molecule has 0 amide bonds. The lowest BCUT2D eigenvalue weighted by Gasteiger charge is -2.07. The summed E-state index contributed by atoms with van der Waals surface area (Å²) >= 11 is 8.83. The molecule has 0 spiro atoms. The summed E-state index contributed by atoms with van der Waals surface area (Å²) in [6, 6.07) is 8.26. The van der Waals surface area contributed by atoms with Gasteiger partial charge >= 0.3 is 0 Å². The number of benzene rings is 1. The monoisotopic (exact) mass is 233 g/mol. The highest BCUT2D eigenvalue weighted by Gasteiger charge is 2.00. The predicted molar refractivity (Wildman–Crippen MR) is 51.5 cm³/mol. The second-order valence-corrected chi connectivity index (χ2v) is 3.52. The Balaban J connectivity index is 2.81. The Labute approximate surface area is 80.0 Å². The van der Waals surface area contributed by atoms with Crippen LogP contribution in [0.25, 0.3) is 0 Å². The van der Waals surface area contributed by atoms with E-state index in [4.69, 9.17) is 11.8 Å². The second-order valence-electron chi connectivity index (χ2n) is 2.38. The zero-order chi connectivity index (χ0) is 8.27. The van der Waals surface area contributed by atoms with Gasteiger partial charge in [0.05, 0.1) is 0 Å². The van der Waals surface area contributed by atoms with Gasteiger partial charge < -0.3 is 0 Å². The van der Waals surface area contributed by atoms with Crippen molar-refractivity contribution in [3.63, 3.8) is 0 Å². The third-order valence-corrected chi connectivity index (χ3v) is 2.39. The molecule has 0 bridgehead atoms. The van der Waals surface area contributed by atoms with E-state index in [-0.39, 0.29) is 6.04 Å². The highest BCUT2D eigenvalue weighted by Crippen LogP contribution is 2.16.